The quantitative estimate of drug-likeness (QED) is 0.114. The van der Waals surface area contributed by atoms with E-state index in [0.29, 0.717) is 11.8 Å². The zero-order chi connectivity index (χ0) is 23.6. The molecule has 0 N–H and O–H groups in total. The van der Waals surface area contributed by atoms with E-state index in [2.05, 4.69) is 27.7 Å². The number of halogens is 2. The summed E-state index contributed by atoms with van der Waals surface area (Å²) in [5, 5.41) is 0. The van der Waals surface area contributed by atoms with Crippen molar-refractivity contribution >= 4 is 27.3 Å². The number of unbranched alkanes of at least 4 members (excludes halogenated alkanes) is 1. The first-order valence-electron chi connectivity index (χ1n) is 13.9. The number of hydrogen-bond acceptors (Lipinski definition) is 0. The molecule has 192 valence electrons. The van der Waals surface area contributed by atoms with Crippen LogP contribution in [0, 0.1) is 25.7 Å². The average molecular weight is 594 g/mol. The van der Waals surface area contributed by atoms with Gasteiger partial charge in [-0.25, -0.2) is 0 Å². The van der Waals surface area contributed by atoms with Gasteiger partial charge in [-0.1, -0.05) is 58.8 Å². The van der Waals surface area contributed by atoms with E-state index >= 15 is 0 Å². The average Bonchev–Trinajstić information content (AvgIpc) is 2.80. The Hall–Kier alpha value is 1.63. The molecule has 3 rings (SSSR count). The van der Waals surface area contributed by atoms with Crippen molar-refractivity contribution in [2.45, 2.75) is 153 Å². The summed E-state index contributed by atoms with van der Waals surface area (Å²) in [6.45, 7) is 12.2. The second kappa shape index (κ2) is 20.8. The van der Waals surface area contributed by atoms with Gasteiger partial charge in [0.05, 0.1) is 17.0 Å². The summed E-state index contributed by atoms with van der Waals surface area (Å²) >= 11 is -0.346. The predicted octanol–water partition coefficient (Wildman–Crippen LogP) is 11.1. The zero-order valence-corrected chi connectivity index (χ0v) is 25.6. The maximum atomic E-state index is 4.85. The van der Waals surface area contributed by atoms with Gasteiger partial charge in [-0.3, -0.25) is 0 Å². The standard InChI is InChI=1S/C18H33P.C10H20.2ClH.Ru/c1-4-10-16(11-5-1)19(17-12-6-2-7-13-17)18-14-8-3-9-15-18;1-9(2)7-5-6-8-10(3)4;;;/h16-18H,1-15H2;9-10H,1,3,5-8H2,2,4H3;2*1H;/q;-2;;;+4/p-1. The molecular formula is C28H54Cl2PRu+. The number of hydrogen-bond donors (Lipinski definition) is 0. The van der Waals surface area contributed by atoms with Gasteiger partial charge in [0.1, 0.15) is 0 Å². The molecule has 2 unspecified atom stereocenters. The molecule has 0 radical (unpaired) electrons. The summed E-state index contributed by atoms with van der Waals surface area (Å²) in [5.41, 5.74) is 3.68. The zero-order valence-electron chi connectivity index (χ0n) is 21.3. The fourth-order valence-electron chi connectivity index (χ4n) is 6.29. The minimum atomic E-state index is -0.346. The first kappa shape index (κ1) is 31.7. The van der Waals surface area contributed by atoms with Crippen LogP contribution in [0.5, 0.6) is 0 Å². The van der Waals surface area contributed by atoms with E-state index in [1.54, 1.807) is 96.3 Å². The Morgan fingerprint density at radius 3 is 1.09 bits per heavy atom. The molecule has 3 aliphatic carbocycles. The van der Waals surface area contributed by atoms with Crippen LogP contribution in [0.2, 0.25) is 0 Å². The molecule has 0 spiro atoms. The van der Waals surface area contributed by atoms with Crippen molar-refractivity contribution < 1.29 is 15.1 Å². The molecule has 3 aliphatic rings. The molecule has 0 aromatic carbocycles. The maximum absolute atomic E-state index is 4.85. The van der Waals surface area contributed by atoms with E-state index < -0.39 is 0 Å². The topological polar surface area (TPSA) is 0 Å². The molecule has 32 heavy (non-hydrogen) atoms. The van der Waals surface area contributed by atoms with Crippen LogP contribution in [-0.2, 0) is 15.1 Å². The summed E-state index contributed by atoms with van der Waals surface area (Å²) in [7, 11) is 9.66. The van der Waals surface area contributed by atoms with Crippen molar-refractivity contribution in [1.82, 2.24) is 0 Å². The Bertz CT molecular complexity index is 347. The second-order valence-corrected chi connectivity index (χ2v) is 17.1. The molecule has 0 aromatic heterocycles. The molecule has 3 saturated carbocycles. The summed E-state index contributed by atoms with van der Waals surface area (Å²) < 4.78 is 0. The predicted molar refractivity (Wildman–Crippen MR) is 148 cm³/mol. The van der Waals surface area contributed by atoms with Crippen LogP contribution < -0.4 is 0 Å². The van der Waals surface area contributed by atoms with Gasteiger partial charge in [0.25, 0.3) is 0 Å². The van der Waals surface area contributed by atoms with Crippen LogP contribution in [-0.4, -0.2) is 17.0 Å². The molecule has 0 nitrogen and oxygen atoms in total. The van der Waals surface area contributed by atoms with Gasteiger partial charge >= 0.3 is 34.5 Å². The monoisotopic (exact) mass is 593 g/mol. The van der Waals surface area contributed by atoms with Crippen molar-refractivity contribution in [2.75, 3.05) is 0 Å². The molecule has 0 amide bonds. The Morgan fingerprint density at radius 1 is 0.625 bits per heavy atom. The van der Waals surface area contributed by atoms with E-state index in [-0.39, 0.29) is 23.1 Å². The Labute approximate surface area is 220 Å². The SMILES string of the molecule is C1CCC([PH+](C2CCCCC2)C2CCCCC2)CC1.[CH2-]C(C)CCCCC([CH2-])C.[Cl][Ru+2][Cl]. The molecule has 2 atom stereocenters. The molecule has 0 saturated heterocycles. The molecule has 0 bridgehead atoms. The van der Waals surface area contributed by atoms with E-state index in [9.17, 15) is 0 Å². The van der Waals surface area contributed by atoms with Gasteiger partial charge in [-0.2, -0.15) is 11.8 Å². The normalized spacial score (nSPS) is 23.0. The van der Waals surface area contributed by atoms with Crippen LogP contribution >= 0.6 is 27.3 Å². The van der Waals surface area contributed by atoms with Gasteiger partial charge in [-0.15, -0.1) is 0 Å². The van der Waals surface area contributed by atoms with Crippen LogP contribution in [0.25, 0.3) is 0 Å². The Kier molecular flexibility index (Phi) is 20.6. The summed E-state index contributed by atoms with van der Waals surface area (Å²) in [5.74, 6) is 1.25. The summed E-state index contributed by atoms with van der Waals surface area (Å²) in [6, 6.07) is 0. The number of rotatable bonds is 8. The van der Waals surface area contributed by atoms with Crippen LogP contribution in [0.4, 0.5) is 0 Å². The molecular weight excluding hydrogens is 539 g/mol. The van der Waals surface area contributed by atoms with Crippen molar-refractivity contribution in [3.05, 3.63) is 13.8 Å². The van der Waals surface area contributed by atoms with Crippen molar-refractivity contribution in [1.29, 1.82) is 0 Å². The van der Waals surface area contributed by atoms with Crippen LogP contribution in [0.3, 0.4) is 0 Å². The van der Waals surface area contributed by atoms with Gasteiger partial charge in [0.2, 0.25) is 0 Å². The van der Waals surface area contributed by atoms with Crippen molar-refractivity contribution in [3.8, 4) is 0 Å². The fraction of sp³-hybridized carbons (Fsp3) is 0.929. The Balaban J connectivity index is 0.000000335. The minimum absolute atomic E-state index is 0.0465. The molecule has 0 aromatic rings. The van der Waals surface area contributed by atoms with E-state index in [1.165, 1.54) is 42.7 Å². The third kappa shape index (κ3) is 14.9. The molecule has 0 aliphatic heterocycles. The van der Waals surface area contributed by atoms with Gasteiger partial charge in [0.15, 0.2) is 0 Å². The van der Waals surface area contributed by atoms with E-state index in [0.717, 1.165) is 0 Å². The molecule has 3 fully saturated rings. The van der Waals surface area contributed by atoms with Crippen LogP contribution in [0.1, 0.15) is 136 Å². The Morgan fingerprint density at radius 2 is 0.875 bits per heavy atom. The first-order chi connectivity index (χ1) is 15.5. The van der Waals surface area contributed by atoms with Gasteiger partial charge in [-0.05, 0) is 77.0 Å². The summed E-state index contributed by atoms with van der Waals surface area (Å²) in [6.07, 6.45) is 29.0. The second-order valence-electron chi connectivity index (χ2n) is 11.1. The molecule has 4 heteroatoms. The summed E-state index contributed by atoms with van der Waals surface area (Å²) in [4.78, 5) is 0. The third-order valence-electron chi connectivity index (χ3n) is 7.87. The van der Waals surface area contributed by atoms with Gasteiger partial charge in [0, 0.05) is 7.92 Å². The van der Waals surface area contributed by atoms with Crippen molar-refractivity contribution in [2.24, 2.45) is 11.8 Å². The molecule has 0 heterocycles. The van der Waals surface area contributed by atoms with E-state index in [4.69, 9.17) is 19.4 Å². The third-order valence-corrected chi connectivity index (χ3v) is 12.4. The van der Waals surface area contributed by atoms with Gasteiger partial charge < -0.3 is 13.8 Å². The van der Waals surface area contributed by atoms with Crippen molar-refractivity contribution in [3.63, 3.8) is 0 Å². The van der Waals surface area contributed by atoms with Crippen LogP contribution in [0.15, 0.2) is 0 Å². The van der Waals surface area contributed by atoms with E-state index in [1.807, 2.05) is 0 Å². The fourth-order valence-corrected chi connectivity index (χ4v) is 11.5. The first-order valence-corrected chi connectivity index (χ1v) is 20.1.